The monoisotopic (exact) mass is 264 g/mol. The first-order chi connectivity index (χ1) is 9.17. The Labute approximate surface area is 115 Å². The zero-order valence-electron chi connectivity index (χ0n) is 12.0. The van der Waals surface area contributed by atoms with Crippen molar-refractivity contribution in [3.05, 3.63) is 35.9 Å². The van der Waals surface area contributed by atoms with Crippen molar-refractivity contribution >= 4 is 0 Å². The maximum Gasteiger partial charge on any atom is 0.0971 e. The molecule has 2 rings (SSSR count). The van der Waals surface area contributed by atoms with Gasteiger partial charge in [0.05, 0.1) is 12.2 Å². The van der Waals surface area contributed by atoms with E-state index in [1.165, 1.54) is 5.56 Å². The maximum absolute atomic E-state index is 6.37. The van der Waals surface area contributed by atoms with E-state index in [2.05, 4.69) is 24.0 Å². The summed E-state index contributed by atoms with van der Waals surface area (Å²) in [5.74, 6) is 0. The first-order valence-electron chi connectivity index (χ1n) is 6.77. The fraction of sp³-hybridized carbons (Fsp3) is 0.600. The summed E-state index contributed by atoms with van der Waals surface area (Å²) in [5, 5.41) is 0. The molecule has 1 fully saturated rings. The van der Waals surface area contributed by atoms with Gasteiger partial charge in [-0.1, -0.05) is 30.3 Å². The second kappa shape index (κ2) is 6.48. The van der Waals surface area contributed by atoms with E-state index in [4.69, 9.17) is 15.2 Å². The van der Waals surface area contributed by atoms with Crippen molar-refractivity contribution in [1.82, 2.24) is 4.90 Å². The molecule has 0 radical (unpaired) electrons. The summed E-state index contributed by atoms with van der Waals surface area (Å²) in [7, 11) is 3.48. The third-order valence-electron chi connectivity index (χ3n) is 4.13. The number of nitrogens with zero attached hydrogens (tertiary/aromatic N) is 1. The van der Waals surface area contributed by atoms with Gasteiger partial charge in [0.25, 0.3) is 0 Å². The highest BCUT2D eigenvalue weighted by atomic mass is 16.5. The molecular weight excluding hydrogens is 240 g/mol. The van der Waals surface area contributed by atoms with Gasteiger partial charge in [-0.3, -0.25) is 4.90 Å². The Morgan fingerprint density at radius 3 is 2.11 bits per heavy atom. The normalized spacial score (nSPS) is 27.4. The smallest absolute Gasteiger partial charge is 0.0971 e. The zero-order valence-corrected chi connectivity index (χ0v) is 12.0. The molecule has 1 saturated heterocycles. The van der Waals surface area contributed by atoms with E-state index in [-0.39, 0.29) is 24.3 Å². The molecule has 4 nitrogen and oxygen atoms in total. The average molecular weight is 264 g/mol. The van der Waals surface area contributed by atoms with Crippen LogP contribution >= 0.6 is 0 Å². The Balaban J connectivity index is 2.02. The first kappa shape index (κ1) is 14.5. The fourth-order valence-electron chi connectivity index (χ4n) is 2.74. The number of likely N-dealkylation sites (tertiary alicyclic amines) is 1. The lowest BCUT2D eigenvalue weighted by atomic mass is 10.0. The van der Waals surface area contributed by atoms with Crippen LogP contribution in [0.1, 0.15) is 18.5 Å². The molecule has 4 heteroatoms. The minimum absolute atomic E-state index is 0.00862. The standard InChI is InChI=1S/C15H24N2O2/c1-11(15(16)12-7-5-4-6-8-12)17-9-13(18-2)14(10-17)19-3/h4-8,11,13-15H,9-10,16H2,1-3H3. The lowest BCUT2D eigenvalue weighted by molar-refractivity contribution is -0.00461. The van der Waals surface area contributed by atoms with Gasteiger partial charge in [0.2, 0.25) is 0 Å². The van der Waals surface area contributed by atoms with E-state index in [1.54, 1.807) is 14.2 Å². The molecule has 4 unspecified atom stereocenters. The molecule has 2 N–H and O–H groups in total. The van der Waals surface area contributed by atoms with Crippen molar-refractivity contribution < 1.29 is 9.47 Å². The third-order valence-corrected chi connectivity index (χ3v) is 4.13. The van der Waals surface area contributed by atoms with Gasteiger partial charge in [-0.05, 0) is 12.5 Å². The highest BCUT2D eigenvalue weighted by Crippen LogP contribution is 2.24. The van der Waals surface area contributed by atoms with Crippen LogP contribution in [0, 0.1) is 0 Å². The molecule has 1 aromatic carbocycles. The predicted octanol–water partition coefficient (Wildman–Crippen LogP) is 1.42. The first-order valence-corrected chi connectivity index (χ1v) is 6.77. The summed E-state index contributed by atoms with van der Waals surface area (Å²) in [6.45, 7) is 3.91. The SMILES string of the molecule is COC1CN(C(C)C(N)c2ccccc2)CC1OC. The number of ether oxygens (including phenoxy) is 2. The molecular formula is C15H24N2O2. The summed E-state index contributed by atoms with van der Waals surface area (Å²) in [4.78, 5) is 2.35. The van der Waals surface area contributed by atoms with Crippen LogP contribution in [-0.4, -0.2) is 50.5 Å². The molecule has 0 bridgehead atoms. The Hall–Kier alpha value is -0.940. The Bertz CT molecular complexity index is 373. The van der Waals surface area contributed by atoms with Crippen LogP contribution in [0.15, 0.2) is 30.3 Å². The van der Waals surface area contributed by atoms with Gasteiger partial charge in [-0.15, -0.1) is 0 Å². The number of nitrogens with two attached hydrogens (primary N) is 1. The minimum Gasteiger partial charge on any atom is -0.377 e. The third kappa shape index (κ3) is 3.15. The highest BCUT2D eigenvalue weighted by molar-refractivity contribution is 5.20. The minimum atomic E-state index is 0.00862. The summed E-state index contributed by atoms with van der Waals surface area (Å²) in [5.41, 5.74) is 7.54. The number of rotatable bonds is 5. The number of hydrogen-bond donors (Lipinski definition) is 1. The molecule has 0 amide bonds. The van der Waals surface area contributed by atoms with Crippen molar-refractivity contribution in [1.29, 1.82) is 0 Å². The molecule has 1 aliphatic heterocycles. The van der Waals surface area contributed by atoms with Crippen molar-refractivity contribution in [2.45, 2.75) is 31.2 Å². The summed E-state index contributed by atoms with van der Waals surface area (Å²) >= 11 is 0. The van der Waals surface area contributed by atoms with E-state index >= 15 is 0 Å². The van der Waals surface area contributed by atoms with Crippen molar-refractivity contribution in [2.75, 3.05) is 27.3 Å². The number of hydrogen-bond acceptors (Lipinski definition) is 4. The van der Waals surface area contributed by atoms with Crippen LogP contribution < -0.4 is 5.73 Å². The molecule has 106 valence electrons. The molecule has 0 aliphatic carbocycles. The summed E-state index contributed by atoms with van der Waals surface area (Å²) < 4.78 is 10.9. The van der Waals surface area contributed by atoms with Crippen LogP contribution in [-0.2, 0) is 9.47 Å². The molecule has 1 aromatic rings. The fourth-order valence-corrected chi connectivity index (χ4v) is 2.74. The Morgan fingerprint density at radius 2 is 1.63 bits per heavy atom. The van der Waals surface area contributed by atoms with E-state index in [1.807, 2.05) is 18.2 Å². The van der Waals surface area contributed by atoms with Gasteiger partial charge >= 0.3 is 0 Å². The highest BCUT2D eigenvalue weighted by Gasteiger charge is 2.36. The van der Waals surface area contributed by atoms with Gasteiger partial charge in [0.1, 0.15) is 0 Å². The lowest BCUT2D eigenvalue weighted by Crippen LogP contribution is -2.40. The molecule has 19 heavy (non-hydrogen) atoms. The van der Waals surface area contributed by atoms with Crippen LogP contribution in [0.4, 0.5) is 0 Å². The van der Waals surface area contributed by atoms with Crippen LogP contribution in [0.2, 0.25) is 0 Å². The topological polar surface area (TPSA) is 47.7 Å². The quantitative estimate of drug-likeness (QED) is 0.874. The predicted molar refractivity (Wildman–Crippen MR) is 76.0 cm³/mol. The summed E-state index contributed by atoms with van der Waals surface area (Å²) in [6, 6.07) is 10.5. The van der Waals surface area contributed by atoms with Crippen molar-refractivity contribution in [3.63, 3.8) is 0 Å². The second-order valence-electron chi connectivity index (χ2n) is 5.18. The maximum atomic E-state index is 6.37. The van der Waals surface area contributed by atoms with Crippen LogP contribution in [0.5, 0.6) is 0 Å². The van der Waals surface area contributed by atoms with E-state index in [0.29, 0.717) is 0 Å². The molecule has 1 aliphatic rings. The molecule has 0 saturated carbocycles. The molecule has 4 atom stereocenters. The Kier molecular flexibility index (Phi) is 4.93. The van der Waals surface area contributed by atoms with Gasteiger partial charge < -0.3 is 15.2 Å². The zero-order chi connectivity index (χ0) is 13.8. The van der Waals surface area contributed by atoms with Gasteiger partial charge in [0.15, 0.2) is 0 Å². The van der Waals surface area contributed by atoms with Gasteiger partial charge in [-0.25, -0.2) is 0 Å². The van der Waals surface area contributed by atoms with Gasteiger partial charge in [0, 0.05) is 39.4 Å². The van der Waals surface area contributed by atoms with Crippen molar-refractivity contribution in [3.8, 4) is 0 Å². The van der Waals surface area contributed by atoms with Crippen LogP contribution in [0.25, 0.3) is 0 Å². The van der Waals surface area contributed by atoms with E-state index in [0.717, 1.165) is 13.1 Å². The molecule has 1 heterocycles. The largest absolute Gasteiger partial charge is 0.377 e. The van der Waals surface area contributed by atoms with Crippen molar-refractivity contribution in [2.24, 2.45) is 5.73 Å². The molecule has 0 spiro atoms. The summed E-state index contributed by atoms with van der Waals surface area (Å²) in [6.07, 6.45) is 0.269. The lowest BCUT2D eigenvalue weighted by Gasteiger charge is -2.29. The molecule has 0 aromatic heterocycles. The Morgan fingerprint density at radius 1 is 1.11 bits per heavy atom. The van der Waals surface area contributed by atoms with E-state index < -0.39 is 0 Å². The van der Waals surface area contributed by atoms with Crippen LogP contribution in [0.3, 0.4) is 0 Å². The average Bonchev–Trinajstić information content (AvgIpc) is 2.89. The van der Waals surface area contributed by atoms with E-state index in [9.17, 15) is 0 Å². The van der Waals surface area contributed by atoms with Gasteiger partial charge in [-0.2, -0.15) is 0 Å². The number of benzene rings is 1. The second-order valence-corrected chi connectivity index (χ2v) is 5.18. The number of methoxy groups -OCH3 is 2.